The van der Waals surface area contributed by atoms with Crippen LogP contribution in [0.4, 0.5) is 13.2 Å². The van der Waals surface area contributed by atoms with E-state index in [-0.39, 0.29) is 12.2 Å². The van der Waals surface area contributed by atoms with Gasteiger partial charge in [-0.15, -0.1) is 5.10 Å². The lowest BCUT2D eigenvalue weighted by Crippen LogP contribution is -2.23. The summed E-state index contributed by atoms with van der Waals surface area (Å²) in [4.78, 5) is 12.1. The molecule has 26 heavy (non-hydrogen) atoms. The summed E-state index contributed by atoms with van der Waals surface area (Å²) in [6.45, 7) is 0.434. The Labute approximate surface area is 147 Å². The third-order valence-corrected chi connectivity index (χ3v) is 3.67. The Morgan fingerprint density at radius 1 is 1.04 bits per heavy atom. The lowest BCUT2D eigenvalue weighted by molar-refractivity contribution is -0.137. The molecule has 0 aliphatic heterocycles. The molecule has 0 radical (unpaired) electrons. The van der Waals surface area contributed by atoms with Gasteiger partial charge in [0.05, 0.1) is 18.3 Å². The van der Waals surface area contributed by atoms with E-state index >= 15 is 0 Å². The van der Waals surface area contributed by atoms with E-state index in [1.54, 1.807) is 0 Å². The molecule has 134 valence electrons. The van der Waals surface area contributed by atoms with Crippen LogP contribution in [0.15, 0.2) is 60.8 Å². The van der Waals surface area contributed by atoms with Gasteiger partial charge in [0.25, 0.3) is 5.91 Å². The number of carbonyl (C=O) groups is 1. The monoisotopic (exact) mass is 360 g/mol. The highest BCUT2D eigenvalue weighted by atomic mass is 19.4. The van der Waals surface area contributed by atoms with Gasteiger partial charge in [-0.25, -0.2) is 4.68 Å². The second-order valence-corrected chi connectivity index (χ2v) is 5.67. The normalized spacial score (nSPS) is 11.3. The second-order valence-electron chi connectivity index (χ2n) is 5.67. The first kappa shape index (κ1) is 17.7. The zero-order chi connectivity index (χ0) is 18.6. The Bertz CT molecular complexity index is 891. The molecule has 8 heteroatoms. The van der Waals surface area contributed by atoms with Gasteiger partial charge < -0.3 is 5.32 Å². The number of benzene rings is 2. The van der Waals surface area contributed by atoms with Crippen LogP contribution >= 0.6 is 0 Å². The first-order valence-electron chi connectivity index (χ1n) is 7.80. The molecule has 1 amide bonds. The largest absolute Gasteiger partial charge is 0.416 e. The summed E-state index contributed by atoms with van der Waals surface area (Å²) in [5, 5.41) is 10.2. The van der Waals surface area contributed by atoms with Crippen molar-refractivity contribution < 1.29 is 18.0 Å². The maximum Gasteiger partial charge on any atom is 0.416 e. The molecule has 0 fully saturated rings. The molecular formula is C18H15F3N4O. The molecule has 3 rings (SSSR count). The van der Waals surface area contributed by atoms with Crippen molar-refractivity contribution in [2.24, 2.45) is 0 Å². The fourth-order valence-corrected chi connectivity index (χ4v) is 2.38. The summed E-state index contributed by atoms with van der Waals surface area (Å²) >= 11 is 0. The number of halogens is 3. The quantitative estimate of drug-likeness (QED) is 0.760. The molecule has 0 aliphatic rings. The average molecular weight is 360 g/mol. The molecule has 0 atom stereocenters. The minimum absolute atomic E-state index is 0.0334. The topological polar surface area (TPSA) is 59.8 Å². The van der Waals surface area contributed by atoms with Crippen molar-refractivity contribution >= 4 is 5.91 Å². The zero-order valence-corrected chi connectivity index (χ0v) is 13.6. The molecular weight excluding hydrogens is 345 g/mol. The summed E-state index contributed by atoms with van der Waals surface area (Å²) in [6.07, 6.45) is -2.92. The molecule has 0 saturated carbocycles. The molecule has 2 aromatic carbocycles. The first-order valence-corrected chi connectivity index (χ1v) is 7.80. The third kappa shape index (κ3) is 4.47. The van der Waals surface area contributed by atoms with Gasteiger partial charge in [0.15, 0.2) is 5.69 Å². The van der Waals surface area contributed by atoms with Crippen molar-refractivity contribution in [1.82, 2.24) is 20.3 Å². The van der Waals surface area contributed by atoms with E-state index in [1.807, 2.05) is 30.3 Å². The Kier molecular flexibility index (Phi) is 5.01. The molecule has 1 aromatic heterocycles. The predicted molar refractivity (Wildman–Crippen MR) is 88.2 cm³/mol. The molecule has 1 heterocycles. The minimum Gasteiger partial charge on any atom is -0.347 e. The Balaban J connectivity index is 1.61. The van der Waals surface area contributed by atoms with Crippen LogP contribution in [-0.2, 0) is 19.3 Å². The van der Waals surface area contributed by atoms with Gasteiger partial charge in [-0.2, -0.15) is 13.2 Å². The van der Waals surface area contributed by atoms with Gasteiger partial charge in [-0.05, 0) is 23.3 Å². The van der Waals surface area contributed by atoms with Gasteiger partial charge in [0.2, 0.25) is 0 Å². The van der Waals surface area contributed by atoms with Crippen molar-refractivity contribution in [1.29, 1.82) is 0 Å². The number of nitrogens with one attached hydrogen (secondary N) is 1. The van der Waals surface area contributed by atoms with Crippen LogP contribution < -0.4 is 5.32 Å². The van der Waals surface area contributed by atoms with Gasteiger partial charge in [0, 0.05) is 6.54 Å². The van der Waals surface area contributed by atoms with Crippen LogP contribution in [0.3, 0.4) is 0 Å². The SMILES string of the molecule is O=C(NCc1cccc(C(F)(F)F)c1)c1cn(Cc2ccccc2)nn1. The van der Waals surface area contributed by atoms with Crippen LogP contribution in [0.5, 0.6) is 0 Å². The van der Waals surface area contributed by atoms with Gasteiger partial charge in [0.1, 0.15) is 0 Å². The summed E-state index contributed by atoms with van der Waals surface area (Å²) < 4.78 is 39.6. The first-order chi connectivity index (χ1) is 12.4. The maximum atomic E-state index is 12.7. The highest BCUT2D eigenvalue weighted by molar-refractivity contribution is 5.91. The fraction of sp³-hybridized carbons (Fsp3) is 0.167. The standard InChI is InChI=1S/C18H15F3N4O/c19-18(20,21)15-8-4-7-14(9-15)10-22-17(26)16-12-25(24-23-16)11-13-5-2-1-3-6-13/h1-9,12H,10-11H2,(H,22,26). The molecule has 1 N–H and O–H groups in total. The van der Waals surface area contributed by atoms with Gasteiger partial charge >= 0.3 is 6.18 Å². The van der Waals surface area contributed by atoms with E-state index in [2.05, 4.69) is 15.6 Å². The molecule has 3 aromatic rings. The number of nitrogens with zero attached hydrogens (tertiary/aromatic N) is 3. The Morgan fingerprint density at radius 3 is 2.50 bits per heavy atom. The lowest BCUT2D eigenvalue weighted by atomic mass is 10.1. The van der Waals surface area contributed by atoms with E-state index < -0.39 is 17.6 Å². The van der Waals surface area contributed by atoms with E-state index in [1.165, 1.54) is 23.0 Å². The average Bonchev–Trinajstić information content (AvgIpc) is 3.09. The Morgan fingerprint density at radius 2 is 1.77 bits per heavy atom. The third-order valence-electron chi connectivity index (χ3n) is 3.67. The van der Waals surface area contributed by atoms with Crippen LogP contribution in [-0.4, -0.2) is 20.9 Å². The molecule has 0 bridgehead atoms. The number of alkyl halides is 3. The summed E-state index contributed by atoms with van der Waals surface area (Å²) in [7, 11) is 0. The smallest absolute Gasteiger partial charge is 0.347 e. The van der Waals surface area contributed by atoms with Crippen LogP contribution in [0, 0.1) is 0 Å². The molecule has 5 nitrogen and oxygen atoms in total. The minimum atomic E-state index is -4.42. The number of aromatic nitrogens is 3. The zero-order valence-electron chi connectivity index (χ0n) is 13.6. The van der Waals surface area contributed by atoms with E-state index in [0.717, 1.165) is 17.7 Å². The van der Waals surface area contributed by atoms with Gasteiger partial charge in [-0.3, -0.25) is 4.79 Å². The highest BCUT2D eigenvalue weighted by Gasteiger charge is 2.30. The molecule has 0 unspecified atom stereocenters. The molecule has 0 spiro atoms. The number of hydrogen-bond acceptors (Lipinski definition) is 3. The number of amides is 1. The highest BCUT2D eigenvalue weighted by Crippen LogP contribution is 2.29. The molecule has 0 aliphatic carbocycles. The Hall–Kier alpha value is -3.16. The predicted octanol–water partition coefficient (Wildman–Crippen LogP) is 3.28. The van der Waals surface area contributed by atoms with Crippen molar-refractivity contribution in [3.05, 3.63) is 83.2 Å². The summed E-state index contributed by atoms with van der Waals surface area (Å²) in [5.41, 5.74) is 0.712. The van der Waals surface area contributed by atoms with Crippen LogP contribution in [0.2, 0.25) is 0 Å². The fourth-order valence-electron chi connectivity index (χ4n) is 2.38. The van der Waals surface area contributed by atoms with Gasteiger partial charge in [-0.1, -0.05) is 47.7 Å². The lowest BCUT2D eigenvalue weighted by Gasteiger charge is -2.09. The number of rotatable bonds is 5. The van der Waals surface area contributed by atoms with Crippen molar-refractivity contribution in [2.45, 2.75) is 19.3 Å². The van der Waals surface area contributed by atoms with Crippen molar-refractivity contribution in [3.8, 4) is 0 Å². The van der Waals surface area contributed by atoms with Crippen LogP contribution in [0.25, 0.3) is 0 Å². The number of carbonyl (C=O) groups excluding carboxylic acids is 1. The maximum absolute atomic E-state index is 12.7. The van der Waals surface area contributed by atoms with E-state index in [0.29, 0.717) is 12.1 Å². The van der Waals surface area contributed by atoms with E-state index in [4.69, 9.17) is 0 Å². The van der Waals surface area contributed by atoms with Crippen molar-refractivity contribution in [3.63, 3.8) is 0 Å². The molecule has 0 saturated heterocycles. The van der Waals surface area contributed by atoms with Crippen LogP contribution in [0.1, 0.15) is 27.2 Å². The summed E-state index contributed by atoms with van der Waals surface area (Å²) in [6, 6.07) is 14.4. The second kappa shape index (κ2) is 7.38. The van der Waals surface area contributed by atoms with E-state index in [9.17, 15) is 18.0 Å². The summed E-state index contributed by atoms with van der Waals surface area (Å²) in [5.74, 6) is -0.498. The number of hydrogen-bond donors (Lipinski definition) is 1. The van der Waals surface area contributed by atoms with Crippen molar-refractivity contribution in [2.75, 3.05) is 0 Å².